The predicted octanol–water partition coefficient (Wildman–Crippen LogP) is 3.43. The number of ether oxygens (including phenoxy) is 3. The zero-order chi connectivity index (χ0) is 17.7. The van der Waals surface area contributed by atoms with Crippen molar-refractivity contribution >= 4 is 23.7 Å². The molecule has 1 rings (SSSR count). The van der Waals surface area contributed by atoms with Gasteiger partial charge in [-0.2, -0.15) is 0 Å². The number of amides is 1. The SMILES string of the molecule is CC(C)(C)OC(=O)N1C(/C=C/CCC(=O)OCCl)COC1(C)C. The second-order valence-corrected chi connectivity index (χ2v) is 6.99. The van der Waals surface area contributed by atoms with Gasteiger partial charge in [0.1, 0.15) is 11.3 Å². The summed E-state index contributed by atoms with van der Waals surface area (Å²) in [6, 6.07) is -0.372. The molecular weight excluding hydrogens is 322 g/mol. The van der Waals surface area contributed by atoms with E-state index in [0.717, 1.165) is 0 Å². The van der Waals surface area contributed by atoms with Crippen molar-refractivity contribution in [3.8, 4) is 0 Å². The molecule has 1 fully saturated rings. The predicted molar refractivity (Wildman–Crippen MR) is 87.1 cm³/mol. The number of hydrogen-bond acceptors (Lipinski definition) is 5. The third kappa shape index (κ3) is 6.39. The van der Waals surface area contributed by atoms with Crippen LogP contribution in [0.4, 0.5) is 4.79 Å². The topological polar surface area (TPSA) is 65.1 Å². The molecule has 0 aromatic carbocycles. The Kier molecular flexibility index (Phi) is 6.89. The summed E-state index contributed by atoms with van der Waals surface area (Å²) in [5, 5.41) is 0. The van der Waals surface area contributed by atoms with E-state index in [-0.39, 0.29) is 24.5 Å². The Morgan fingerprint density at radius 2 is 2.04 bits per heavy atom. The van der Waals surface area contributed by atoms with Crippen molar-refractivity contribution in [2.45, 2.75) is 64.8 Å². The summed E-state index contributed by atoms with van der Waals surface area (Å²) >= 11 is 5.32. The van der Waals surface area contributed by atoms with Gasteiger partial charge in [0.15, 0.2) is 6.07 Å². The average Bonchev–Trinajstić information content (AvgIpc) is 2.68. The fraction of sp³-hybridized carbons (Fsp3) is 0.750. The van der Waals surface area contributed by atoms with Gasteiger partial charge in [-0.15, -0.1) is 0 Å². The number of carbonyl (C=O) groups excluding carboxylic acids is 2. The number of halogens is 1. The molecule has 1 saturated heterocycles. The molecule has 0 aromatic heterocycles. The Bertz CT molecular complexity index is 456. The fourth-order valence-electron chi connectivity index (χ4n) is 2.23. The number of alkyl halides is 1. The minimum Gasteiger partial charge on any atom is -0.449 e. The Hall–Kier alpha value is -1.27. The van der Waals surface area contributed by atoms with Gasteiger partial charge in [0, 0.05) is 6.42 Å². The fourth-order valence-corrected chi connectivity index (χ4v) is 2.35. The van der Waals surface area contributed by atoms with Gasteiger partial charge in [0.2, 0.25) is 0 Å². The first-order valence-electron chi connectivity index (χ1n) is 7.61. The van der Waals surface area contributed by atoms with E-state index in [0.29, 0.717) is 13.0 Å². The largest absolute Gasteiger partial charge is 0.449 e. The number of nitrogens with zero attached hydrogens (tertiary/aromatic N) is 1. The number of esters is 1. The van der Waals surface area contributed by atoms with Crippen LogP contribution in [0.5, 0.6) is 0 Å². The molecule has 1 aliphatic heterocycles. The van der Waals surface area contributed by atoms with Crippen molar-refractivity contribution in [3.05, 3.63) is 12.2 Å². The van der Waals surface area contributed by atoms with Crippen LogP contribution in [0.25, 0.3) is 0 Å². The standard InChI is InChI=1S/C16H26ClNO5/c1-15(2,3)23-14(20)18-12(10-22-16(18,4)5)8-6-7-9-13(19)21-11-17/h6,8,12H,7,9-11H2,1-5H3/b8-6+. The van der Waals surface area contributed by atoms with Crippen LogP contribution >= 0.6 is 11.6 Å². The highest BCUT2D eigenvalue weighted by Crippen LogP contribution is 2.30. The first kappa shape index (κ1) is 19.8. The van der Waals surface area contributed by atoms with Gasteiger partial charge < -0.3 is 14.2 Å². The molecule has 1 amide bonds. The maximum Gasteiger partial charge on any atom is 0.413 e. The molecule has 132 valence electrons. The minimum absolute atomic E-state index is 0.139. The smallest absolute Gasteiger partial charge is 0.413 e. The van der Waals surface area contributed by atoms with Crippen LogP contribution in [0, 0.1) is 0 Å². The van der Waals surface area contributed by atoms with Crippen LogP contribution in [0.3, 0.4) is 0 Å². The lowest BCUT2D eigenvalue weighted by atomic mass is 10.1. The molecule has 23 heavy (non-hydrogen) atoms. The molecule has 0 bridgehead atoms. The highest BCUT2D eigenvalue weighted by atomic mass is 35.5. The van der Waals surface area contributed by atoms with E-state index < -0.39 is 17.4 Å². The van der Waals surface area contributed by atoms with Crippen molar-refractivity contribution in [3.63, 3.8) is 0 Å². The van der Waals surface area contributed by atoms with Crippen LogP contribution in [-0.4, -0.2) is 47.0 Å². The van der Waals surface area contributed by atoms with Crippen LogP contribution in [0.1, 0.15) is 47.5 Å². The number of carbonyl (C=O) groups is 2. The molecular formula is C16H26ClNO5. The molecule has 0 aliphatic carbocycles. The molecule has 1 aliphatic rings. The van der Waals surface area contributed by atoms with Crippen molar-refractivity contribution in [1.82, 2.24) is 4.90 Å². The lowest BCUT2D eigenvalue weighted by Crippen LogP contribution is -2.49. The Balaban J connectivity index is 2.66. The molecule has 0 radical (unpaired) electrons. The highest BCUT2D eigenvalue weighted by Gasteiger charge is 2.44. The van der Waals surface area contributed by atoms with Crippen LogP contribution in [0.2, 0.25) is 0 Å². The monoisotopic (exact) mass is 347 g/mol. The molecule has 0 spiro atoms. The third-order valence-corrected chi connectivity index (χ3v) is 3.31. The second kappa shape index (κ2) is 8.02. The molecule has 1 heterocycles. The zero-order valence-electron chi connectivity index (χ0n) is 14.4. The first-order chi connectivity index (χ1) is 10.6. The molecule has 7 heteroatoms. The normalized spacial score (nSPS) is 20.8. The van der Waals surface area contributed by atoms with Crippen molar-refractivity contribution < 1.29 is 23.8 Å². The Morgan fingerprint density at radius 1 is 1.39 bits per heavy atom. The number of rotatable bonds is 5. The number of hydrogen-bond donors (Lipinski definition) is 0. The van der Waals surface area contributed by atoms with E-state index in [9.17, 15) is 9.59 Å². The molecule has 0 N–H and O–H groups in total. The van der Waals surface area contributed by atoms with Crippen LogP contribution in [0.15, 0.2) is 12.2 Å². The van der Waals surface area contributed by atoms with E-state index >= 15 is 0 Å². The van der Waals surface area contributed by atoms with Crippen LogP contribution < -0.4 is 0 Å². The molecule has 0 saturated carbocycles. The van der Waals surface area contributed by atoms with E-state index in [1.807, 2.05) is 46.8 Å². The van der Waals surface area contributed by atoms with Crippen molar-refractivity contribution in [2.24, 2.45) is 0 Å². The lowest BCUT2D eigenvalue weighted by Gasteiger charge is -2.34. The van der Waals surface area contributed by atoms with Crippen molar-refractivity contribution in [1.29, 1.82) is 0 Å². The van der Waals surface area contributed by atoms with E-state index in [1.165, 1.54) is 0 Å². The van der Waals surface area contributed by atoms with E-state index in [2.05, 4.69) is 4.74 Å². The quantitative estimate of drug-likeness (QED) is 0.433. The van der Waals surface area contributed by atoms with Gasteiger partial charge in [-0.25, -0.2) is 4.79 Å². The van der Waals surface area contributed by atoms with Crippen molar-refractivity contribution in [2.75, 3.05) is 12.7 Å². The summed E-state index contributed by atoms with van der Waals surface area (Å²) in [5.41, 5.74) is -1.32. The summed E-state index contributed by atoms with van der Waals surface area (Å²) in [6.45, 7) is 9.49. The lowest BCUT2D eigenvalue weighted by molar-refractivity contribution is -0.141. The van der Waals surface area contributed by atoms with Gasteiger partial charge in [-0.1, -0.05) is 23.8 Å². The number of allylic oxidation sites excluding steroid dienone is 1. The maximum absolute atomic E-state index is 12.4. The van der Waals surface area contributed by atoms with Crippen LogP contribution in [-0.2, 0) is 19.0 Å². The van der Waals surface area contributed by atoms with Gasteiger partial charge in [-0.3, -0.25) is 9.69 Å². The molecule has 0 aromatic rings. The van der Waals surface area contributed by atoms with Gasteiger partial charge in [-0.05, 0) is 41.0 Å². The van der Waals surface area contributed by atoms with E-state index in [4.69, 9.17) is 21.1 Å². The van der Waals surface area contributed by atoms with Gasteiger partial charge >= 0.3 is 12.1 Å². The maximum atomic E-state index is 12.4. The molecule has 1 atom stereocenters. The molecule has 1 unspecified atom stereocenters. The summed E-state index contributed by atoms with van der Waals surface area (Å²) < 4.78 is 15.8. The third-order valence-electron chi connectivity index (χ3n) is 3.20. The van der Waals surface area contributed by atoms with E-state index in [1.54, 1.807) is 4.90 Å². The second-order valence-electron chi connectivity index (χ2n) is 6.77. The molecule has 6 nitrogen and oxygen atoms in total. The van der Waals surface area contributed by atoms with Gasteiger partial charge in [0.05, 0.1) is 12.6 Å². The minimum atomic E-state index is -0.741. The first-order valence-corrected chi connectivity index (χ1v) is 8.15. The summed E-state index contributed by atoms with van der Waals surface area (Å²) in [6.07, 6.45) is 4.02. The Labute approximate surface area is 142 Å². The van der Waals surface area contributed by atoms with Gasteiger partial charge in [0.25, 0.3) is 0 Å². The zero-order valence-corrected chi connectivity index (χ0v) is 15.2. The Morgan fingerprint density at radius 3 is 2.61 bits per heavy atom. The summed E-state index contributed by atoms with van der Waals surface area (Å²) in [7, 11) is 0. The highest BCUT2D eigenvalue weighted by molar-refractivity contribution is 6.17. The summed E-state index contributed by atoms with van der Waals surface area (Å²) in [5.74, 6) is -0.350. The average molecular weight is 348 g/mol. The summed E-state index contributed by atoms with van der Waals surface area (Å²) in [4.78, 5) is 25.2.